The van der Waals surface area contributed by atoms with Crippen LogP contribution in [0.4, 0.5) is 13.2 Å². The van der Waals surface area contributed by atoms with Crippen molar-refractivity contribution in [2.45, 2.75) is 12.2 Å². The second kappa shape index (κ2) is 8.56. The third-order valence-corrected chi connectivity index (χ3v) is 4.02. The number of hydrogen-bond acceptors (Lipinski definition) is 5. The Morgan fingerprint density at radius 2 is 2.12 bits per heavy atom. The molecule has 144 valence electrons. The minimum atomic E-state index is -4.42. The van der Waals surface area contributed by atoms with Crippen LogP contribution in [0.25, 0.3) is 11.5 Å². The number of aromatic amines is 1. The lowest BCUT2D eigenvalue weighted by atomic mass is 10.2. The van der Waals surface area contributed by atoms with Crippen LogP contribution in [-0.4, -0.2) is 65.9 Å². The number of aromatic nitrogens is 2. The maximum atomic E-state index is 13.3. The van der Waals surface area contributed by atoms with Crippen molar-refractivity contribution >= 4 is 18.3 Å². The van der Waals surface area contributed by atoms with Crippen LogP contribution in [0, 0.1) is 0 Å². The fourth-order valence-electron chi connectivity index (χ4n) is 2.72. The van der Waals surface area contributed by atoms with Crippen LogP contribution in [-0.2, 0) is 0 Å². The van der Waals surface area contributed by atoms with E-state index in [-0.39, 0.29) is 31.2 Å². The molecule has 1 fully saturated rings. The maximum Gasteiger partial charge on any atom is 0.405 e. The van der Waals surface area contributed by atoms with Gasteiger partial charge >= 0.3 is 6.18 Å². The molecule has 0 spiro atoms. The summed E-state index contributed by atoms with van der Waals surface area (Å²) >= 11 is 0. The molecule has 3 N–H and O–H groups in total. The van der Waals surface area contributed by atoms with Gasteiger partial charge in [0.25, 0.3) is 5.91 Å². The topological polar surface area (TPSA) is 86.2 Å². The Bertz CT molecular complexity index is 698. The first-order chi connectivity index (χ1) is 11.9. The maximum absolute atomic E-state index is 13.3. The third kappa shape index (κ3) is 4.77. The van der Waals surface area contributed by atoms with Crippen LogP contribution < -0.4 is 10.6 Å². The fourth-order valence-corrected chi connectivity index (χ4v) is 2.72. The Labute approximate surface area is 153 Å². The number of alkyl halides is 3. The molecule has 2 aromatic rings. The Kier molecular flexibility index (Phi) is 6.68. The quantitative estimate of drug-likeness (QED) is 0.719. The van der Waals surface area contributed by atoms with Crippen molar-refractivity contribution in [3.8, 4) is 11.5 Å². The molecule has 0 aromatic carbocycles. The highest BCUT2D eigenvalue weighted by atomic mass is 35.5. The number of H-pyrrole nitrogens is 1. The summed E-state index contributed by atoms with van der Waals surface area (Å²) in [5.41, 5.74) is 0.484. The van der Waals surface area contributed by atoms with Crippen molar-refractivity contribution in [2.24, 2.45) is 0 Å². The van der Waals surface area contributed by atoms with E-state index in [1.54, 1.807) is 12.1 Å². The first-order valence-corrected chi connectivity index (χ1v) is 7.84. The highest BCUT2D eigenvalue weighted by Crippen LogP contribution is 2.25. The number of nitrogens with one attached hydrogen (secondary N) is 3. The number of carbonyl (C=O) groups excluding carboxylic acids is 1. The van der Waals surface area contributed by atoms with Gasteiger partial charge < -0.3 is 15.1 Å². The summed E-state index contributed by atoms with van der Waals surface area (Å²) in [6, 6.07) is 3.07. The zero-order valence-electron chi connectivity index (χ0n) is 13.7. The monoisotopic (exact) mass is 393 g/mol. The van der Waals surface area contributed by atoms with Gasteiger partial charge in [0.15, 0.2) is 11.5 Å². The molecule has 1 aliphatic rings. The van der Waals surface area contributed by atoms with Gasteiger partial charge in [0.2, 0.25) is 0 Å². The number of carbonyl (C=O) groups is 1. The van der Waals surface area contributed by atoms with Crippen LogP contribution in [0.5, 0.6) is 0 Å². The predicted octanol–water partition coefficient (Wildman–Crippen LogP) is 1.66. The second-order valence-electron chi connectivity index (χ2n) is 5.70. The molecule has 1 saturated heterocycles. The van der Waals surface area contributed by atoms with E-state index in [0.29, 0.717) is 24.5 Å². The van der Waals surface area contributed by atoms with Crippen molar-refractivity contribution < 1.29 is 22.4 Å². The van der Waals surface area contributed by atoms with Crippen LogP contribution in [0.1, 0.15) is 10.5 Å². The van der Waals surface area contributed by atoms with Gasteiger partial charge in [-0.15, -0.1) is 12.4 Å². The van der Waals surface area contributed by atoms with E-state index in [0.717, 1.165) is 0 Å². The first-order valence-electron chi connectivity index (χ1n) is 7.84. The summed E-state index contributed by atoms with van der Waals surface area (Å²) in [6.07, 6.45) is -2.95. The molecule has 0 radical (unpaired) electrons. The zero-order chi connectivity index (χ0) is 17.9. The van der Waals surface area contributed by atoms with Crippen molar-refractivity contribution in [2.75, 3.05) is 32.7 Å². The first kappa shape index (κ1) is 20.3. The average molecular weight is 394 g/mol. The molecule has 3 rings (SSSR count). The number of hydrogen-bond donors (Lipinski definition) is 3. The average Bonchev–Trinajstić information content (AvgIpc) is 3.26. The highest BCUT2D eigenvalue weighted by Gasteiger charge is 2.43. The number of nitrogens with zero attached hydrogens (tertiary/aromatic N) is 2. The number of rotatable bonds is 5. The minimum absolute atomic E-state index is 0. The molecule has 26 heavy (non-hydrogen) atoms. The SMILES string of the molecule is Cl.O=C(NCC(N1CCNCC1)C(F)(F)F)c1cc(-c2ccco2)[nH]n1. The Hall–Kier alpha value is -2.04. The summed E-state index contributed by atoms with van der Waals surface area (Å²) in [5, 5.41) is 11.8. The molecule has 2 aromatic heterocycles. The minimum Gasteiger partial charge on any atom is -0.463 e. The molecule has 0 aliphatic carbocycles. The van der Waals surface area contributed by atoms with Gasteiger partial charge in [-0.2, -0.15) is 18.3 Å². The van der Waals surface area contributed by atoms with E-state index in [4.69, 9.17) is 4.42 Å². The number of halogens is 4. The molecule has 1 aliphatic heterocycles. The van der Waals surface area contributed by atoms with Crippen molar-refractivity contribution in [1.82, 2.24) is 25.7 Å². The van der Waals surface area contributed by atoms with E-state index in [1.165, 1.54) is 17.2 Å². The molecule has 0 saturated carbocycles. The molecule has 1 unspecified atom stereocenters. The Morgan fingerprint density at radius 3 is 2.73 bits per heavy atom. The van der Waals surface area contributed by atoms with Gasteiger partial charge in [-0.25, -0.2) is 0 Å². The van der Waals surface area contributed by atoms with Gasteiger partial charge in [-0.05, 0) is 12.1 Å². The molecule has 7 nitrogen and oxygen atoms in total. The summed E-state index contributed by atoms with van der Waals surface area (Å²) < 4.78 is 45.1. The molecule has 1 atom stereocenters. The van der Waals surface area contributed by atoms with Gasteiger partial charge in [0, 0.05) is 38.8 Å². The Balaban J connectivity index is 0.00000243. The van der Waals surface area contributed by atoms with E-state index >= 15 is 0 Å². The van der Waals surface area contributed by atoms with Gasteiger partial charge in [-0.3, -0.25) is 14.8 Å². The van der Waals surface area contributed by atoms with Crippen molar-refractivity contribution in [1.29, 1.82) is 0 Å². The summed E-state index contributed by atoms with van der Waals surface area (Å²) in [5.74, 6) is -0.182. The second-order valence-corrected chi connectivity index (χ2v) is 5.70. The molecule has 3 heterocycles. The molecule has 1 amide bonds. The molecular formula is C15H19ClF3N5O2. The van der Waals surface area contributed by atoms with Gasteiger partial charge in [0.05, 0.1) is 6.26 Å². The fraction of sp³-hybridized carbons (Fsp3) is 0.467. The largest absolute Gasteiger partial charge is 0.463 e. The molecular weight excluding hydrogens is 375 g/mol. The summed E-state index contributed by atoms with van der Waals surface area (Å²) in [6.45, 7) is 1.03. The smallest absolute Gasteiger partial charge is 0.405 e. The number of piperazine rings is 1. The number of furan rings is 1. The van der Waals surface area contributed by atoms with Crippen LogP contribution >= 0.6 is 12.4 Å². The lowest BCUT2D eigenvalue weighted by molar-refractivity contribution is -0.183. The lowest BCUT2D eigenvalue weighted by Crippen LogP contribution is -2.57. The van der Waals surface area contributed by atoms with E-state index in [9.17, 15) is 18.0 Å². The third-order valence-electron chi connectivity index (χ3n) is 4.02. The lowest BCUT2D eigenvalue weighted by Gasteiger charge is -2.35. The predicted molar refractivity (Wildman–Crippen MR) is 90.2 cm³/mol. The molecule has 11 heteroatoms. The molecule has 0 bridgehead atoms. The van der Waals surface area contributed by atoms with Gasteiger partial charge in [0.1, 0.15) is 11.7 Å². The number of amides is 1. The zero-order valence-corrected chi connectivity index (χ0v) is 14.5. The van der Waals surface area contributed by atoms with Crippen LogP contribution in [0.2, 0.25) is 0 Å². The van der Waals surface area contributed by atoms with Crippen LogP contribution in [0.15, 0.2) is 28.9 Å². The van der Waals surface area contributed by atoms with Crippen molar-refractivity contribution in [3.63, 3.8) is 0 Å². The standard InChI is InChI=1S/C15H18F3N5O2.ClH/c16-15(17,18)13(23-5-3-19-4-6-23)9-20-14(24)11-8-10(21-22-11)12-2-1-7-25-12;/h1-2,7-8,13,19H,3-6,9H2,(H,20,24)(H,21,22);1H. The highest BCUT2D eigenvalue weighted by molar-refractivity contribution is 5.93. The summed E-state index contributed by atoms with van der Waals surface area (Å²) in [7, 11) is 0. The van der Waals surface area contributed by atoms with Gasteiger partial charge in [-0.1, -0.05) is 0 Å². The van der Waals surface area contributed by atoms with E-state index in [2.05, 4.69) is 20.8 Å². The van der Waals surface area contributed by atoms with E-state index < -0.39 is 24.7 Å². The van der Waals surface area contributed by atoms with Crippen molar-refractivity contribution in [3.05, 3.63) is 30.2 Å². The van der Waals surface area contributed by atoms with Crippen LogP contribution in [0.3, 0.4) is 0 Å². The summed E-state index contributed by atoms with van der Waals surface area (Å²) in [4.78, 5) is 13.4. The Morgan fingerprint density at radius 1 is 1.38 bits per heavy atom. The van der Waals surface area contributed by atoms with E-state index in [1.807, 2.05) is 0 Å². The normalized spacial score (nSPS) is 16.7.